The molecule has 0 aromatic carbocycles. The fourth-order valence-electron chi connectivity index (χ4n) is 7.23. The Bertz CT molecular complexity index is 1310. The van der Waals surface area contributed by atoms with Crippen molar-refractivity contribution in [2.24, 2.45) is 0 Å². The van der Waals surface area contributed by atoms with Crippen molar-refractivity contribution >= 4 is 5.97 Å². The number of carbonyl (C=O) groups excluding carboxylic acids is 1. The standard InChI is InChI=1S/C56H94O9/c1-3-5-7-9-11-13-15-17-19-21-22-23-24-25-26-27-28-29-30-32-34-36-38-40-42-44-46-62-48-50(49-63-56-55(61)54(60)53(59)51(47-57)65-56)64-52(58)45-43-41-39-37-35-33-31-20-18-16-14-12-10-8-6-4-2/h5,7,11,13,17,19-20,22-23,25-26,28-29,31-32,34,50-51,53-57,59-61H,3-4,6,8-10,12,14-16,18,21,24,27,30,33,35-49H2,1-2H3/b7-5-,13-11-,19-17-,23-22-,26-25-,29-28-,31-20-,34-32-. The average molecular weight is 911 g/mol. The molecule has 1 aliphatic heterocycles. The maximum atomic E-state index is 12.8. The number of rotatable bonds is 43. The Balaban J connectivity index is 2.25. The summed E-state index contributed by atoms with van der Waals surface area (Å²) in [6.45, 7) is 4.36. The van der Waals surface area contributed by atoms with Gasteiger partial charge < -0.3 is 39.4 Å². The van der Waals surface area contributed by atoms with Gasteiger partial charge in [0.1, 0.15) is 30.5 Å². The van der Waals surface area contributed by atoms with E-state index in [1.54, 1.807) is 0 Å². The summed E-state index contributed by atoms with van der Waals surface area (Å²) in [7, 11) is 0. The Morgan fingerprint density at radius 3 is 1.43 bits per heavy atom. The normalized spacial score (nSPS) is 20.2. The van der Waals surface area contributed by atoms with Crippen LogP contribution in [-0.4, -0.2) is 89.6 Å². The van der Waals surface area contributed by atoms with Crippen LogP contribution in [0.5, 0.6) is 0 Å². The maximum Gasteiger partial charge on any atom is 0.306 e. The van der Waals surface area contributed by atoms with Gasteiger partial charge in [-0.25, -0.2) is 0 Å². The molecule has 65 heavy (non-hydrogen) atoms. The molecule has 0 aromatic rings. The number of unbranched alkanes of at least 4 members (excludes halogenated alkanes) is 16. The fourth-order valence-corrected chi connectivity index (χ4v) is 7.23. The van der Waals surface area contributed by atoms with Crippen LogP contribution in [-0.2, 0) is 23.7 Å². The van der Waals surface area contributed by atoms with Crippen LogP contribution in [0.2, 0.25) is 0 Å². The molecule has 1 heterocycles. The first-order valence-corrected chi connectivity index (χ1v) is 25.8. The van der Waals surface area contributed by atoms with Gasteiger partial charge in [-0.1, -0.05) is 182 Å². The van der Waals surface area contributed by atoms with E-state index >= 15 is 0 Å². The minimum Gasteiger partial charge on any atom is -0.457 e. The Morgan fingerprint density at radius 2 is 0.938 bits per heavy atom. The molecule has 0 bridgehead atoms. The second-order valence-electron chi connectivity index (χ2n) is 17.2. The van der Waals surface area contributed by atoms with Crippen LogP contribution >= 0.6 is 0 Å². The molecule has 9 nitrogen and oxygen atoms in total. The highest BCUT2D eigenvalue weighted by Crippen LogP contribution is 2.22. The van der Waals surface area contributed by atoms with Crippen molar-refractivity contribution in [2.45, 2.75) is 224 Å². The zero-order chi connectivity index (χ0) is 47.1. The summed E-state index contributed by atoms with van der Waals surface area (Å²) < 4.78 is 22.8. The van der Waals surface area contributed by atoms with E-state index in [0.29, 0.717) is 13.0 Å². The third kappa shape index (κ3) is 36.9. The molecule has 1 rings (SSSR count). The fraction of sp³-hybridized carbons (Fsp3) is 0.696. The van der Waals surface area contributed by atoms with E-state index in [1.807, 2.05) is 0 Å². The number of aliphatic hydroxyl groups is 4. The van der Waals surface area contributed by atoms with E-state index in [4.69, 9.17) is 18.9 Å². The van der Waals surface area contributed by atoms with E-state index < -0.39 is 43.4 Å². The summed E-state index contributed by atoms with van der Waals surface area (Å²) in [5, 5.41) is 40.2. The smallest absolute Gasteiger partial charge is 0.306 e. The van der Waals surface area contributed by atoms with Gasteiger partial charge in [0.2, 0.25) is 0 Å². The molecular weight excluding hydrogens is 817 g/mol. The third-order valence-electron chi connectivity index (χ3n) is 11.2. The lowest BCUT2D eigenvalue weighted by molar-refractivity contribution is -0.305. The number of allylic oxidation sites excluding steroid dienone is 16. The van der Waals surface area contributed by atoms with Crippen LogP contribution in [0.25, 0.3) is 0 Å². The predicted molar refractivity (Wildman–Crippen MR) is 270 cm³/mol. The van der Waals surface area contributed by atoms with Gasteiger partial charge in [-0.05, 0) is 96.3 Å². The van der Waals surface area contributed by atoms with Crippen LogP contribution in [0.1, 0.15) is 187 Å². The number of hydrogen-bond donors (Lipinski definition) is 4. The molecule has 1 saturated heterocycles. The van der Waals surface area contributed by atoms with E-state index in [0.717, 1.165) is 116 Å². The molecule has 9 heteroatoms. The number of esters is 1. The number of carbonyl (C=O) groups is 1. The van der Waals surface area contributed by atoms with E-state index in [-0.39, 0.29) is 19.2 Å². The molecule has 0 aliphatic carbocycles. The van der Waals surface area contributed by atoms with Crippen molar-refractivity contribution in [2.75, 3.05) is 26.4 Å². The van der Waals surface area contributed by atoms with Gasteiger partial charge in [-0.2, -0.15) is 0 Å². The predicted octanol–water partition coefficient (Wildman–Crippen LogP) is 12.8. The van der Waals surface area contributed by atoms with Crippen LogP contribution in [0.4, 0.5) is 0 Å². The second kappa shape index (κ2) is 46.2. The van der Waals surface area contributed by atoms with Gasteiger partial charge in [0.05, 0.1) is 19.8 Å². The molecule has 0 saturated carbocycles. The lowest BCUT2D eigenvalue weighted by atomic mass is 9.99. The molecular formula is C56H94O9. The Kier molecular flexibility index (Phi) is 42.8. The highest BCUT2D eigenvalue weighted by molar-refractivity contribution is 5.69. The summed E-state index contributed by atoms with van der Waals surface area (Å²) in [4.78, 5) is 12.8. The molecule has 0 radical (unpaired) electrons. The first-order valence-electron chi connectivity index (χ1n) is 25.8. The zero-order valence-corrected chi connectivity index (χ0v) is 41.0. The van der Waals surface area contributed by atoms with E-state index in [1.165, 1.54) is 51.4 Å². The van der Waals surface area contributed by atoms with Crippen molar-refractivity contribution in [3.05, 3.63) is 97.2 Å². The summed E-state index contributed by atoms with van der Waals surface area (Å²) in [5.41, 5.74) is 0. The van der Waals surface area contributed by atoms with Crippen molar-refractivity contribution in [3.63, 3.8) is 0 Å². The van der Waals surface area contributed by atoms with E-state index in [2.05, 4.69) is 111 Å². The molecule has 0 amide bonds. The van der Waals surface area contributed by atoms with Crippen LogP contribution in [0.3, 0.4) is 0 Å². The maximum absolute atomic E-state index is 12.8. The molecule has 0 aromatic heterocycles. The summed E-state index contributed by atoms with van der Waals surface area (Å²) in [6, 6.07) is 0. The van der Waals surface area contributed by atoms with Gasteiger partial charge in [-0.3, -0.25) is 4.79 Å². The Morgan fingerprint density at radius 1 is 0.508 bits per heavy atom. The Hall–Kier alpha value is -2.89. The molecule has 4 N–H and O–H groups in total. The van der Waals surface area contributed by atoms with Crippen LogP contribution < -0.4 is 0 Å². The number of hydrogen-bond acceptors (Lipinski definition) is 9. The van der Waals surface area contributed by atoms with Crippen molar-refractivity contribution < 1.29 is 44.2 Å². The molecule has 1 fully saturated rings. The quantitative estimate of drug-likeness (QED) is 0.0268. The molecule has 6 atom stereocenters. The molecule has 372 valence electrons. The van der Waals surface area contributed by atoms with Crippen molar-refractivity contribution in [1.82, 2.24) is 0 Å². The van der Waals surface area contributed by atoms with Crippen LogP contribution in [0.15, 0.2) is 97.2 Å². The highest BCUT2D eigenvalue weighted by atomic mass is 16.7. The number of ether oxygens (including phenoxy) is 4. The summed E-state index contributed by atoms with van der Waals surface area (Å²) in [5.74, 6) is -0.335. The van der Waals surface area contributed by atoms with Gasteiger partial charge in [0, 0.05) is 13.0 Å². The topological polar surface area (TPSA) is 135 Å². The summed E-state index contributed by atoms with van der Waals surface area (Å²) in [6.07, 6.45) is 57.2. The second-order valence-corrected chi connectivity index (χ2v) is 17.2. The molecule has 1 aliphatic rings. The highest BCUT2D eigenvalue weighted by Gasteiger charge is 2.44. The SMILES string of the molecule is CC/C=C\C/C=C\C/C=C\C/C=C\C/C=C\C/C=C\C/C=C\CCCCCCOCC(COC1OC(CO)C(O)C(O)C1O)OC(=O)CCCCCCC/C=C\CCCCCCCCC. The molecule has 0 spiro atoms. The van der Waals surface area contributed by atoms with Gasteiger partial charge in [0.15, 0.2) is 6.29 Å². The lowest BCUT2D eigenvalue weighted by Crippen LogP contribution is -2.59. The van der Waals surface area contributed by atoms with Gasteiger partial charge in [0.25, 0.3) is 0 Å². The van der Waals surface area contributed by atoms with Gasteiger partial charge >= 0.3 is 5.97 Å². The van der Waals surface area contributed by atoms with Crippen LogP contribution in [0, 0.1) is 0 Å². The summed E-state index contributed by atoms with van der Waals surface area (Å²) >= 11 is 0. The Labute approximate surface area is 396 Å². The first kappa shape index (κ1) is 60.1. The number of aliphatic hydroxyl groups excluding tert-OH is 4. The first-order chi connectivity index (χ1) is 31.9. The van der Waals surface area contributed by atoms with Crippen molar-refractivity contribution in [1.29, 1.82) is 0 Å². The largest absolute Gasteiger partial charge is 0.457 e. The van der Waals surface area contributed by atoms with Crippen molar-refractivity contribution in [3.8, 4) is 0 Å². The zero-order valence-electron chi connectivity index (χ0n) is 41.0. The average Bonchev–Trinajstić information content (AvgIpc) is 3.31. The minimum absolute atomic E-state index is 0.118. The van der Waals surface area contributed by atoms with E-state index in [9.17, 15) is 25.2 Å². The minimum atomic E-state index is -1.55. The van der Waals surface area contributed by atoms with Gasteiger partial charge in [-0.15, -0.1) is 0 Å². The lowest BCUT2D eigenvalue weighted by Gasteiger charge is -2.39. The monoisotopic (exact) mass is 911 g/mol. The molecule has 6 unspecified atom stereocenters. The third-order valence-corrected chi connectivity index (χ3v) is 11.2.